The Morgan fingerprint density at radius 3 is 2.82 bits per heavy atom. The molecule has 1 saturated heterocycles. The highest BCUT2D eigenvalue weighted by Crippen LogP contribution is 2.19. The molecule has 0 bridgehead atoms. The molecule has 0 saturated carbocycles. The van der Waals surface area contributed by atoms with Crippen molar-refractivity contribution in [1.29, 1.82) is 0 Å². The number of nitro benzene ring substituents is 1. The molecule has 1 aromatic heterocycles. The van der Waals surface area contributed by atoms with E-state index in [4.69, 9.17) is 4.74 Å². The first kappa shape index (κ1) is 14.6. The van der Waals surface area contributed by atoms with Crippen molar-refractivity contribution in [3.05, 3.63) is 34.5 Å². The van der Waals surface area contributed by atoms with Crippen LogP contribution in [-0.4, -0.2) is 46.0 Å². The quantitative estimate of drug-likeness (QED) is 0.623. The average molecular weight is 302 g/mol. The SMILES string of the molecule is O=[N+]([O-])c1ccc2ncc(OCCN3CCCCC3)nc2c1. The third-order valence-electron chi connectivity index (χ3n) is 3.82. The highest BCUT2D eigenvalue weighted by molar-refractivity contribution is 5.77. The monoisotopic (exact) mass is 302 g/mol. The van der Waals surface area contributed by atoms with Gasteiger partial charge in [0.2, 0.25) is 5.88 Å². The van der Waals surface area contributed by atoms with Crippen molar-refractivity contribution in [3.63, 3.8) is 0 Å². The van der Waals surface area contributed by atoms with Gasteiger partial charge in [-0.25, -0.2) is 9.97 Å². The number of benzene rings is 1. The third-order valence-corrected chi connectivity index (χ3v) is 3.82. The first-order valence-electron chi connectivity index (χ1n) is 7.49. The number of nitrogens with zero attached hydrogens (tertiary/aromatic N) is 4. The van der Waals surface area contributed by atoms with Crippen LogP contribution in [0.25, 0.3) is 11.0 Å². The summed E-state index contributed by atoms with van der Waals surface area (Å²) in [7, 11) is 0. The fraction of sp³-hybridized carbons (Fsp3) is 0.467. The molecule has 1 aliphatic heterocycles. The van der Waals surface area contributed by atoms with E-state index in [1.54, 1.807) is 12.3 Å². The lowest BCUT2D eigenvalue weighted by Gasteiger charge is -2.25. The Morgan fingerprint density at radius 2 is 2.05 bits per heavy atom. The van der Waals surface area contributed by atoms with Crippen molar-refractivity contribution in [2.45, 2.75) is 19.3 Å². The number of nitro groups is 1. The van der Waals surface area contributed by atoms with Gasteiger partial charge in [0.1, 0.15) is 6.61 Å². The fourth-order valence-corrected chi connectivity index (χ4v) is 2.63. The van der Waals surface area contributed by atoms with Gasteiger partial charge in [-0.15, -0.1) is 0 Å². The molecule has 116 valence electrons. The van der Waals surface area contributed by atoms with Gasteiger partial charge in [0.15, 0.2) is 0 Å². The molecule has 0 aliphatic carbocycles. The van der Waals surface area contributed by atoms with Crippen LogP contribution in [0.1, 0.15) is 19.3 Å². The summed E-state index contributed by atoms with van der Waals surface area (Å²) in [6, 6.07) is 4.44. The van der Waals surface area contributed by atoms with Crippen LogP contribution in [0.2, 0.25) is 0 Å². The molecule has 1 aromatic carbocycles. The van der Waals surface area contributed by atoms with Gasteiger partial charge in [-0.2, -0.15) is 0 Å². The Labute approximate surface area is 128 Å². The van der Waals surface area contributed by atoms with Crippen molar-refractivity contribution in [1.82, 2.24) is 14.9 Å². The van der Waals surface area contributed by atoms with Gasteiger partial charge in [0, 0.05) is 18.7 Å². The summed E-state index contributed by atoms with van der Waals surface area (Å²) in [6.45, 7) is 3.67. The Morgan fingerprint density at radius 1 is 1.23 bits per heavy atom. The number of piperidine rings is 1. The van der Waals surface area contributed by atoms with E-state index in [9.17, 15) is 10.1 Å². The van der Waals surface area contributed by atoms with Gasteiger partial charge < -0.3 is 4.74 Å². The number of non-ortho nitro benzene ring substituents is 1. The molecule has 1 aliphatic rings. The summed E-state index contributed by atoms with van der Waals surface area (Å²) >= 11 is 0. The largest absolute Gasteiger partial charge is 0.475 e. The maximum absolute atomic E-state index is 10.8. The van der Waals surface area contributed by atoms with E-state index in [0.29, 0.717) is 23.5 Å². The molecule has 3 rings (SSSR count). The van der Waals surface area contributed by atoms with E-state index in [-0.39, 0.29) is 5.69 Å². The molecule has 7 heteroatoms. The van der Waals surface area contributed by atoms with Crippen LogP contribution in [0.3, 0.4) is 0 Å². The lowest BCUT2D eigenvalue weighted by molar-refractivity contribution is -0.384. The van der Waals surface area contributed by atoms with Gasteiger partial charge in [-0.05, 0) is 32.0 Å². The topological polar surface area (TPSA) is 81.4 Å². The van der Waals surface area contributed by atoms with E-state index >= 15 is 0 Å². The number of fused-ring (bicyclic) bond motifs is 1. The van der Waals surface area contributed by atoms with Crippen LogP contribution < -0.4 is 4.74 Å². The highest BCUT2D eigenvalue weighted by Gasteiger charge is 2.11. The summed E-state index contributed by atoms with van der Waals surface area (Å²) in [4.78, 5) is 21.3. The minimum Gasteiger partial charge on any atom is -0.475 e. The summed E-state index contributed by atoms with van der Waals surface area (Å²) in [5, 5.41) is 10.8. The summed E-state index contributed by atoms with van der Waals surface area (Å²) in [5.41, 5.74) is 1.10. The smallest absolute Gasteiger partial charge is 0.271 e. The van der Waals surface area contributed by atoms with Gasteiger partial charge in [-0.1, -0.05) is 6.42 Å². The van der Waals surface area contributed by atoms with Crippen molar-refractivity contribution >= 4 is 16.7 Å². The molecule has 7 nitrogen and oxygen atoms in total. The van der Waals surface area contributed by atoms with Crippen molar-refractivity contribution < 1.29 is 9.66 Å². The van der Waals surface area contributed by atoms with Crippen molar-refractivity contribution in [3.8, 4) is 5.88 Å². The number of hydrogen-bond acceptors (Lipinski definition) is 6. The first-order chi connectivity index (χ1) is 10.7. The van der Waals surface area contributed by atoms with Gasteiger partial charge in [0.05, 0.1) is 22.2 Å². The molecule has 0 spiro atoms. The molecule has 0 N–H and O–H groups in total. The number of aromatic nitrogens is 2. The Hall–Kier alpha value is -2.28. The number of likely N-dealkylation sites (tertiary alicyclic amines) is 1. The van der Waals surface area contributed by atoms with E-state index in [2.05, 4.69) is 14.9 Å². The van der Waals surface area contributed by atoms with Gasteiger partial charge in [0.25, 0.3) is 5.69 Å². The minimum absolute atomic E-state index is 0.00673. The minimum atomic E-state index is -0.439. The van der Waals surface area contributed by atoms with Crippen LogP contribution >= 0.6 is 0 Å². The Kier molecular flexibility index (Phi) is 4.43. The van der Waals surface area contributed by atoms with Crippen LogP contribution in [0.4, 0.5) is 5.69 Å². The molecular weight excluding hydrogens is 284 g/mol. The normalized spacial score (nSPS) is 15.8. The van der Waals surface area contributed by atoms with Crippen LogP contribution in [0.5, 0.6) is 5.88 Å². The lowest BCUT2D eigenvalue weighted by atomic mass is 10.1. The number of hydrogen-bond donors (Lipinski definition) is 0. The summed E-state index contributed by atoms with van der Waals surface area (Å²) in [5.74, 6) is 0.407. The first-order valence-corrected chi connectivity index (χ1v) is 7.49. The van der Waals surface area contributed by atoms with Crippen LogP contribution in [0.15, 0.2) is 24.4 Å². The second-order valence-electron chi connectivity index (χ2n) is 5.39. The molecule has 2 aromatic rings. The summed E-state index contributed by atoms with van der Waals surface area (Å²) < 4.78 is 5.63. The fourth-order valence-electron chi connectivity index (χ4n) is 2.63. The van der Waals surface area contributed by atoms with E-state index in [1.165, 1.54) is 31.4 Å². The number of ether oxygens (including phenoxy) is 1. The highest BCUT2D eigenvalue weighted by atomic mass is 16.6. The second kappa shape index (κ2) is 6.65. The molecule has 0 unspecified atom stereocenters. The van der Waals surface area contributed by atoms with Crippen molar-refractivity contribution in [2.75, 3.05) is 26.2 Å². The molecule has 0 amide bonds. The summed E-state index contributed by atoms with van der Waals surface area (Å²) in [6.07, 6.45) is 5.37. The maximum atomic E-state index is 10.8. The number of rotatable bonds is 5. The zero-order valence-corrected chi connectivity index (χ0v) is 12.3. The predicted molar refractivity (Wildman–Crippen MR) is 82.0 cm³/mol. The molecule has 2 heterocycles. The van der Waals surface area contributed by atoms with E-state index in [0.717, 1.165) is 19.6 Å². The zero-order chi connectivity index (χ0) is 15.4. The average Bonchev–Trinajstić information content (AvgIpc) is 2.55. The van der Waals surface area contributed by atoms with Crippen molar-refractivity contribution in [2.24, 2.45) is 0 Å². The molecule has 22 heavy (non-hydrogen) atoms. The molecule has 0 atom stereocenters. The zero-order valence-electron chi connectivity index (χ0n) is 12.3. The standard InChI is InChI=1S/C15H18N4O3/c20-19(21)12-4-5-13-14(10-12)17-15(11-16-13)22-9-8-18-6-2-1-3-7-18/h4-5,10-11H,1-3,6-9H2. The van der Waals surface area contributed by atoms with Crippen LogP contribution in [-0.2, 0) is 0 Å². The molecule has 0 radical (unpaired) electrons. The molecular formula is C15H18N4O3. The molecule has 1 fully saturated rings. The maximum Gasteiger partial charge on any atom is 0.271 e. The van der Waals surface area contributed by atoms with Gasteiger partial charge in [-0.3, -0.25) is 15.0 Å². The third kappa shape index (κ3) is 3.48. The van der Waals surface area contributed by atoms with E-state index < -0.39 is 4.92 Å². The second-order valence-corrected chi connectivity index (χ2v) is 5.39. The predicted octanol–water partition coefficient (Wildman–Crippen LogP) is 2.40. The Balaban J connectivity index is 1.64. The lowest BCUT2D eigenvalue weighted by Crippen LogP contribution is -2.33. The van der Waals surface area contributed by atoms with Crippen LogP contribution in [0, 0.1) is 10.1 Å². The Bertz CT molecular complexity index is 671. The van der Waals surface area contributed by atoms with E-state index in [1.807, 2.05) is 0 Å². The van der Waals surface area contributed by atoms with Gasteiger partial charge >= 0.3 is 0 Å².